The smallest absolute Gasteiger partial charge is 0.132 e. The maximum Gasteiger partial charge on any atom is 0.132 e. The van der Waals surface area contributed by atoms with Crippen LogP contribution in [0, 0.1) is 0 Å². The Morgan fingerprint density at radius 2 is 0.824 bits per heavy atom. The molecule has 51 heavy (non-hydrogen) atoms. The normalized spacial score (nSPS) is 13.0. The van der Waals surface area contributed by atoms with Gasteiger partial charge in [-0.15, -0.1) is 0 Å². The molecule has 0 unspecified atom stereocenters. The fourth-order valence-corrected chi connectivity index (χ4v) is 8.37. The monoisotopic (exact) mass is 651 g/mol. The molecule has 0 atom stereocenters. The average Bonchev–Trinajstić information content (AvgIpc) is 3.49. The highest BCUT2D eigenvalue weighted by atomic mass is 16.5. The van der Waals surface area contributed by atoms with Gasteiger partial charge in [0.05, 0.1) is 11.1 Å². The van der Waals surface area contributed by atoms with E-state index in [1.807, 2.05) is 0 Å². The lowest BCUT2D eigenvalue weighted by molar-refractivity contribution is 0.436. The van der Waals surface area contributed by atoms with Gasteiger partial charge < -0.3 is 9.64 Å². The minimum absolute atomic E-state index is 0.519. The van der Waals surface area contributed by atoms with Crippen LogP contribution in [0.3, 0.4) is 0 Å². The van der Waals surface area contributed by atoms with E-state index in [4.69, 9.17) is 4.74 Å². The first-order valence-corrected chi connectivity index (χ1v) is 17.5. The van der Waals surface area contributed by atoms with Crippen LogP contribution in [0.5, 0.6) is 11.5 Å². The van der Waals surface area contributed by atoms with Crippen LogP contribution >= 0.6 is 0 Å². The number of fused-ring (bicyclic) bond motifs is 9. The second-order valence-electron chi connectivity index (χ2n) is 13.3. The molecule has 2 nitrogen and oxygen atoms in total. The van der Waals surface area contributed by atoms with E-state index in [0.29, 0.717) is 0 Å². The van der Waals surface area contributed by atoms with E-state index in [9.17, 15) is 0 Å². The second kappa shape index (κ2) is 11.8. The Hall–Kier alpha value is -6.64. The predicted octanol–water partition coefficient (Wildman–Crippen LogP) is 13.0. The van der Waals surface area contributed by atoms with Crippen LogP contribution in [0.15, 0.2) is 200 Å². The molecule has 2 aliphatic rings. The number of hydrogen-bond acceptors (Lipinski definition) is 2. The van der Waals surface area contributed by atoms with Crippen LogP contribution in [0.25, 0.3) is 33.4 Å². The van der Waals surface area contributed by atoms with Crippen molar-refractivity contribution in [2.75, 3.05) is 4.90 Å². The molecule has 8 aromatic rings. The summed E-state index contributed by atoms with van der Waals surface area (Å²) in [7, 11) is 0. The van der Waals surface area contributed by atoms with Crippen LogP contribution in [0.1, 0.15) is 22.3 Å². The molecule has 0 aromatic heterocycles. The van der Waals surface area contributed by atoms with Crippen molar-refractivity contribution < 1.29 is 4.74 Å². The molecule has 1 aliphatic heterocycles. The summed E-state index contributed by atoms with van der Waals surface area (Å²) in [4.78, 5) is 2.38. The highest BCUT2D eigenvalue weighted by Gasteiger charge is 2.51. The summed E-state index contributed by atoms with van der Waals surface area (Å²) in [6.45, 7) is 0. The van der Waals surface area contributed by atoms with Crippen molar-refractivity contribution in [3.8, 4) is 44.9 Å². The van der Waals surface area contributed by atoms with Gasteiger partial charge in [0, 0.05) is 28.1 Å². The van der Waals surface area contributed by atoms with Gasteiger partial charge >= 0.3 is 0 Å². The number of para-hydroxylation sites is 4. The average molecular weight is 652 g/mol. The van der Waals surface area contributed by atoms with Gasteiger partial charge in [0.2, 0.25) is 0 Å². The molecule has 0 bridgehead atoms. The van der Waals surface area contributed by atoms with Crippen molar-refractivity contribution in [1.82, 2.24) is 0 Å². The van der Waals surface area contributed by atoms with E-state index in [1.165, 1.54) is 50.1 Å². The van der Waals surface area contributed by atoms with E-state index >= 15 is 0 Å². The van der Waals surface area contributed by atoms with E-state index in [-0.39, 0.29) is 0 Å². The third-order valence-corrected chi connectivity index (χ3v) is 10.5. The van der Waals surface area contributed by atoms with Crippen molar-refractivity contribution in [2.24, 2.45) is 0 Å². The molecule has 1 aliphatic carbocycles. The predicted molar refractivity (Wildman–Crippen MR) is 209 cm³/mol. The number of rotatable bonds is 5. The molecule has 0 amide bonds. The summed E-state index contributed by atoms with van der Waals surface area (Å²) in [5.74, 6) is 1.80. The van der Waals surface area contributed by atoms with Crippen molar-refractivity contribution in [1.29, 1.82) is 0 Å². The largest absolute Gasteiger partial charge is 0.457 e. The summed E-state index contributed by atoms with van der Waals surface area (Å²) >= 11 is 0. The minimum atomic E-state index is -0.519. The molecule has 1 heterocycles. The van der Waals surface area contributed by atoms with Crippen molar-refractivity contribution in [2.45, 2.75) is 5.41 Å². The van der Waals surface area contributed by atoms with Gasteiger partial charge in [0.1, 0.15) is 11.5 Å². The van der Waals surface area contributed by atoms with E-state index < -0.39 is 5.41 Å². The zero-order valence-electron chi connectivity index (χ0n) is 27.9. The quantitative estimate of drug-likeness (QED) is 0.184. The van der Waals surface area contributed by atoms with Crippen LogP contribution in [-0.4, -0.2) is 0 Å². The fourth-order valence-electron chi connectivity index (χ4n) is 8.37. The lowest BCUT2D eigenvalue weighted by Gasteiger charge is -2.39. The number of hydrogen-bond donors (Lipinski definition) is 0. The molecule has 0 radical (unpaired) electrons. The number of benzene rings is 8. The Morgan fingerprint density at radius 3 is 1.53 bits per heavy atom. The SMILES string of the molecule is c1ccc(-c2ccc(N(c3ccccc3)c3ccccc3-c3ccc4c(c3)C3(c5ccccc5Oc5ccccc53)c3ccccc3-4)cc2)cc1. The van der Waals surface area contributed by atoms with Crippen LogP contribution in [0.2, 0.25) is 0 Å². The highest BCUT2D eigenvalue weighted by molar-refractivity contribution is 5.93. The molecule has 10 rings (SSSR count). The molecular weight excluding hydrogens is 619 g/mol. The first-order valence-electron chi connectivity index (χ1n) is 17.5. The van der Waals surface area contributed by atoms with Crippen LogP contribution < -0.4 is 9.64 Å². The topological polar surface area (TPSA) is 12.5 Å². The van der Waals surface area contributed by atoms with Crippen LogP contribution in [0.4, 0.5) is 17.1 Å². The first-order chi connectivity index (χ1) is 25.3. The van der Waals surface area contributed by atoms with Crippen LogP contribution in [-0.2, 0) is 5.41 Å². The van der Waals surface area contributed by atoms with E-state index in [1.54, 1.807) is 0 Å². The maximum atomic E-state index is 6.59. The highest BCUT2D eigenvalue weighted by Crippen LogP contribution is 2.62. The molecule has 0 saturated carbocycles. The molecule has 240 valence electrons. The summed E-state index contributed by atoms with van der Waals surface area (Å²) in [6.07, 6.45) is 0. The summed E-state index contributed by atoms with van der Waals surface area (Å²) < 4.78 is 6.59. The van der Waals surface area contributed by atoms with Gasteiger partial charge in [-0.25, -0.2) is 0 Å². The molecular formula is C49H33NO. The zero-order valence-corrected chi connectivity index (χ0v) is 27.9. The molecule has 8 aromatic carbocycles. The lowest BCUT2D eigenvalue weighted by Crippen LogP contribution is -2.32. The van der Waals surface area contributed by atoms with Gasteiger partial charge in [-0.05, 0) is 87.5 Å². The summed E-state index contributed by atoms with van der Waals surface area (Å²) in [5.41, 5.74) is 15.0. The van der Waals surface area contributed by atoms with Gasteiger partial charge in [-0.1, -0.05) is 152 Å². The third kappa shape index (κ3) is 4.50. The molecule has 2 heteroatoms. The van der Waals surface area contributed by atoms with Gasteiger partial charge in [-0.3, -0.25) is 0 Å². The Morgan fingerprint density at radius 1 is 0.333 bits per heavy atom. The minimum Gasteiger partial charge on any atom is -0.457 e. The second-order valence-corrected chi connectivity index (χ2v) is 13.3. The van der Waals surface area contributed by atoms with Crippen molar-refractivity contribution in [3.63, 3.8) is 0 Å². The molecule has 0 saturated heterocycles. The third-order valence-electron chi connectivity index (χ3n) is 10.5. The van der Waals surface area contributed by atoms with Gasteiger partial charge in [-0.2, -0.15) is 0 Å². The van der Waals surface area contributed by atoms with Gasteiger partial charge in [0.25, 0.3) is 0 Å². The first kappa shape index (κ1) is 29.3. The van der Waals surface area contributed by atoms with E-state index in [2.05, 4.69) is 205 Å². The Bertz CT molecular complexity index is 2510. The Kier molecular flexibility index (Phi) is 6.75. The number of anilines is 3. The van der Waals surface area contributed by atoms with Crippen molar-refractivity contribution in [3.05, 3.63) is 222 Å². The summed E-state index contributed by atoms with van der Waals surface area (Å²) in [6, 6.07) is 72.0. The number of ether oxygens (including phenoxy) is 1. The van der Waals surface area contributed by atoms with E-state index in [0.717, 1.165) is 34.1 Å². The molecule has 0 fully saturated rings. The zero-order chi connectivity index (χ0) is 33.8. The maximum absolute atomic E-state index is 6.59. The molecule has 1 spiro atoms. The Balaban J connectivity index is 1.19. The fraction of sp³-hybridized carbons (Fsp3) is 0.0204. The molecule has 0 N–H and O–H groups in total. The van der Waals surface area contributed by atoms with Crippen molar-refractivity contribution >= 4 is 17.1 Å². The van der Waals surface area contributed by atoms with Gasteiger partial charge in [0.15, 0.2) is 0 Å². The standard InChI is InChI=1S/C49H33NO/c1-3-15-34(16-4-1)35-27-30-38(31-28-35)50(37-17-5-2-6-18-37)46-24-12-8-19-39(46)36-29-32-41-40-20-7-9-21-42(40)49(45(41)33-36)43-22-10-13-25-47(43)51-48-26-14-11-23-44(48)49/h1-33H. The summed E-state index contributed by atoms with van der Waals surface area (Å²) in [5, 5.41) is 0. The Labute approximate surface area is 298 Å². The lowest BCUT2D eigenvalue weighted by atomic mass is 9.66. The number of nitrogens with zero attached hydrogens (tertiary/aromatic N) is 1.